The lowest BCUT2D eigenvalue weighted by atomic mass is 9.94. The molecule has 0 aromatic carbocycles. The van der Waals surface area contributed by atoms with Crippen molar-refractivity contribution >= 4 is 11.9 Å². The van der Waals surface area contributed by atoms with E-state index in [1.807, 2.05) is 6.92 Å². The summed E-state index contributed by atoms with van der Waals surface area (Å²) in [4.78, 5) is 22.3. The number of carboxylic acid groups (broad SMARTS) is 1. The van der Waals surface area contributed by atoms with Crippen LogP contribution in [0.2, 0.25) is 0 Å². The quantitative estimate of drug-likeness (QED) is 0.512. The highest BCUT2D eigenvalue weighted by molar-refractivity contribution is 5.76. The second-order valence-electron chi connectivity index (χ2n) is 5.44. The Morgan fingerprint density at radius 1 is 1.15 bits per heavy atom. The molecule has 0 saturated carbocycles. The number of amides is 1. The van der Waals surface area contributed by atoms with Crippen LogP contribution in [0.5, 0.6) is 0 Å². The fourth-order valence-corrected chi connectivity index (χ4v) is 2.31. The van der Waals surface area contributed by atoms with E-state index in [2.05, 4.69) is 12.2 Å². The first kappa shape index (κ1) is 18.9. The first-order chi connectivity index (χ1) is 9.53. The van der Waals surface area contributed by atoms with Crippen LogP contribution >= 0.6 is 0 Å². The molecule has 0 spiro atoms. The lowest BCUT2D eigenvalue weighted by Gasteiger charge is -2.16. The monoisotopic (exact) mass is 286 g/mol. The topological polar surface area (TPSA) is 92.4 Å². The molecule has 0 aliphatic carbocycles. The lowest BCUT2D eigenvalue weighted by molar-refractivity contribution is -0.137. The normalized spacial score (nSPS) is 13.8. The summed E-state index contributed by atoms with van der Waals surface area (Å²) in [6.07, 6.45) is 5.23. The molecule has 0 saturated heterocycles. The Morgan fingerprint density at radius 3 is 2.35 bits per heavy atom. The molecule has 0 radical (unpaired) electrons. The molecule has 5 nitrogen and oxygen atoms in total. The maximum Gasteiger partial charge on any atom is 0.303 e. The lowest BCUT2D eigenvalue weighted by Crippen LogP contribution is -2.29. The molecular weight excluding hydrogens is 256 g/mol. The van der Waals surface area contributed by atoms with Crippen LogP contribution in [0.1, 0.15) is 58.8 Å². The summed E-state index contributed by atoms with van der Waals surface area (Å²) in [5.41, 5.74) is 5.58. The maximum absolute atomic E-state index is 11.7. The molecule has 0 aliphatic rings. The van der Waals surface area contributed by atoms with E-state index in [9.17, 15) is 9.59 Å². The summed E-state index contributed by atoms with van der Waals surface area (Å²) >= 11 is 0. The Balaban J connectivity index is 3.91. The van der Waals surface area contributed by atoms with Crippen LogP contribution in [-0.2, 0) is 9.59 Å². The Hall–Kier alpha value is -1.10. The first-order valence-corrected chi connectivity index (χ1v) is 7.71. The third-order valence-electron chi connectivity index (χ3n) is 3.72. The number of rotatable bonds is 12. The summed E-state index contributed by atoms with van der Waals surface area (Å²) in [6.45, 7) is 5.30. The molecule has 20 heavy (non-hydrogen) atoms. The number of hydrogen-bond acceptors (Lipinski definition) is 3. The van der Waals surface area contributed by atoms with E-state index < -0.39 is 5.97 Å². The van der Waals surface area contributed by atoms with Crippen LogP contribution in [0.15, 0.2) is 0 Å². The number of nitrogens with one attached hydrogen (secondary N) is 1. The zero-order valence-corrected chi connectivity index (χ0v) is 12.9. The largest absolute Gasteiger partial charge is 0.481 e. The Kier molecular flexibility index (Phi) is 11.1. The average Bonchev–Trinajstić information content (AvgIpc) is 2.42. The molecule has 4 N–H and O–H groups in total. The molecule has 0 bridgehead atoms. The van der Waals surface area contributed by atoms with Gasteiger partial charge in [-0.2, -0.15) is 0 Å². The van der Waals surface area contributed by atoms with Gasteiger partial charge in [-0.25, -0.2) is 0 Å². The standard InChI is InChI=1S/C15H30N2O3/c1-3-5-13(6-7-15(19)20)8-9-17-14(18)10-12(4-2)11-16/h12-13H,3-11,16H2,1-2H3,(H,17,18)(H,19,20). The minimum atomic E-state index is -0.746. The highest BCUT2D eigenvalue weighted by Gasteiger charge is 2.13. The molecule has 5 heteroatoms. The van der Waals surface area contributed by atoms with Gasteiger partial charge in [0.25, 0.3) is 0 Å². The number of carboxylic acids is 1. The van der Waals surface area contributed by atoms with Crippen molar-refractivity contribution in [3.8, 4) is 0 Å². The van der Waals surface area contributed by atoms with Gasteiger partial charge in [-0.3, -0.25) is 9.59 Å². The molecule has 2 unspecified atom stereocenters. The minimum Gasteiger partial charge on any atom is -0.481 e. The van der Waals surface area contributed by atoms with Gasteiger partial charge >= 0.3 is 5.97 Å². The van der Waals surface area contributed by atoms with E-state index in [0.717, 1.165) is 25.7 Å². The zero-order chi connectivity index (χ0) is 15.4. The van der Waals surface area contributed by atoms with Gasteiger partial charge in [-0.05, 0) is 31.2 Å². The molecule has 0 rings (SSSR count). The minimum absolute atomic E-state index is 0.0517. The zero-order valence-electron chi connectivity index (χ0n) is 12.9. The highest BCUT2D eigenvalue weighted by Crippen LogP contribution is 2.17. The third-order valence-corrected chi connectivity index (χ3v) is 3.72. The summed E-state index contributed by atoms with van der Waals surface area (Å²) in [7, 11) is 0. The molecule has 0 heterocycles. The van der Waals surface area contributed by atoms with Crippen molar-refractivity contribution < 1.29 is 14.7 Å². The smallest absolute Gasteiger partial charge is 0.303 e. The summed E-state index contributed by atoms with van der Waals surface area (Å²) < 4.78 is 0. The highest BCUT2D eigenvalue weighted by atomic mass is 16.4. The van der Waals surface area contributed by atoms with Crippen molar-refractivity contribution in [2.45, 2.75) is 58.8 Å². The summed E-state index contributed by atoms with van der Waals surface area (Å²) in [5, 5.41) is 11.6. The van der Waals surface area contributed by atoms with Gasteiger partial charge in [-0.15, -0.1) is 0 Å². The van der Waals surface area contributed by atoms with E-state index in [4.69, 9.17) is 10.8 Å². The van der Waals surface area contributed by atoms with E-state index in [-0.39, 0.29) is 18.2 Å². The Morgan fingerprint density at radius 2 is 1.85 bits per heavy atom. The predicted octanol–water partition coefficient (Wildman–Crippen LogP) is 2.15. The maximum atomic E-state index is 11.7. The molecule has 0 aromatic heterocycles. The van der Waals surface area contributed by atoms with Crippen molar-refractivity contribution in [1.29, 1.82) is 0 Å². The third kappa shape index (κ3) is 9.78. The van der Waals surface area contributed by atoms with E-state index in [1.165, 1.54) is 0 Å². The molecule has 0 fully saturated rings. The number of carbonyl (C=O) groups excluding carboxylic acids is 1. The number of carbonyl (C=O) groups is 2. The van der Waals surface area contributed by atoms with Crippen molar-refractivity contribution in [1.82, 2.24) is 5.32 Å². The van der Waals surface area contributed by atoms with Crippen molar-refractivity contribution in [2.24, 2.45) is 17.6 Å². The fraction of sp³-hybridized carbons (Fsp3) is 0.867. The van der Waals surface area contributed by atoms with Crippen LogP contribution in [0.4, 0.5) is 0 Å². The van der Waals surface area contributed by atoms with Gasteiger partial charge in [0.2, 0.25) is 5.91 Å². The number of hydrogen-bond donors (Lipinski definition) is 3. The molecule has 0 aromatic rings. The van der Waals surface area contributed by atoms with Crippen LogP contribution in [0, 0.1) is 11.8 Å². The molecular formula is C15H30N2O3. The van der Waals surface area contributed by atoms with Crippen molar-refractivity contribution in [3.63, 3.8) is 0 Å². The van der Waals surface area contributed by atoms with E-state index in [1.54, 1.807) is 0 Å². The van der Waals surface area contributed by atoms with Crippen LogP contribution in [0.25, 0.3) is 0 Å². The van der Waals surface area contributed by atoms with Gasteiger partial charge in [0.05, 0.1) is 0 Å². The summed E-state index contributed by atoms with van der Waals surface area (Å²) in [6, 6.07) is 0. The predicted molar refractivity (Wildman–Crippen MR) is 80.3 cm³/mol. The van der Waals surface area contributed by atoms with E-state index in [0.29, 0.717) is 31.8 Å². The molecule has 1 amide bonds. The van der Waals surface area contributed by atoms with Crippen LogP contribution < -0.4 is 11.1 Å². The van der Waals surface area contributed by atoms with Gasteiger partial charge in [-0.1, -0.05) is 33.1 Å². The van der Waals surface area contributed by atoms with E-state index >= 15 is 0 Å². The van der Waals surface area contributed by atoms with Gasteiger partial charge in [0.1, 0.15) is 0 Å². The molecule has 0 aliphatic heterocycles. The van der Waals surface area contributed by atoms with Crippen LogP contribution in [-0.4, -0.2) is 30.1 Å². The average molecular weight is 286 g/mol. The fourth-order valence-electron chi connectivity index (χ4n) is 2.31. The Labute approximate surface area is 122 Å². The second-order valence-corrected chi connectivity index (χ2v) is 5.44. The molecule has 2 atom stereocenters. The molecule has 118 valence electrons. The SMILES string of the molecule is CCCC(CCNC(=O)CC(CC)CN)CCC(=O)O. The summed E-state index contributed by atoms with van der Waals surface area (Å²) in [5.74, 6) is -0.0546. The van der Waals surface area contributed by atoms with Crippen LogP contribution in [0.3, 0.4) is 0 Å². The van der Waals surface area contributed by atoms with Gasteiger partial charge in [0, 0.05) is 19.4 Å². The van der Waals surface area contributed by atoms with Crippen molar-refractivity contribution in [3.05, 3.63) is 0 Å². The Bertz CT molecular complexity index is 278. The number of aliphatic carboxylic acids is 1. The number of nitrogens with two attached hydrogens (primary N) is 1. The van der Waals surface area contributed by atoms with Crippen molar-refractivity contribution in [2.75, 3.05) is 13.1 Å². The first-order valence-electron chi connectivity index (χ1n) is 7.71. The van der Waals surface area contributed by atoms with Gasteiger partial charge in [0.15, 0.2) is 0 Å². The van der Waals surface area contributed by atoms with Gasteiger partial charge < -0.3 is 16.2 Å². The second kappa shape index (κ2) is 11.7.